The van der Waals surface area contributed by atoms with Crippen LogP contribution < -0.4 is 17.2 Å². The predicted octanol–water partition coefficient (Wildman–Crippen LogP) is 2.05. The first-order chi connectivity index (χ1) is 7.59. The third-order valence-electron chi connectivity index (χ3n) is 1.79. The Morgan fingerprint density at radius 3 is 2.31 bits per heavy atom. The SMILES string of the molecule is NC(N)=C(/C=C(\N)Cl)SCc1ccccc1. The molecule has 1 aromatic rings. The second-order valence-electron chi connectivity index (χ2n) is 3.12. The Labute approximate surface area is 104 Å². The zero-order chi connectivity index (χ0) is 12.0. The molecule has 0 amide bonds. The maximum Gasteiger partial charge on any atom is 0.107 e. The van der Waals surface area contributed by atoms with Gasteiger partial charge in [0.15, 0.2) is 0 Å². The van der Waals surface area contributed by atoms with Crippen LogP contribution in [-0.4, -0.2) is 0 Å². The molecular weight excluding hydrogens is 242 g/mol. The largest absolute Gasteiger partial charge is 0.389 e. The predicted molar refractivity (Wildman–Crippen MR) is 71.3 cm³/mol. The van der Waals surface area contributed by atoms with Crippen LogP contribution >= 0.6 is 23.4 Å². The number of rotatable bonds is 4. The van der Waals surface area contributed by atoms with E-state index < -0.39 is 0 Å². The van der Waals surface area contributed by atoms with Crippen molar-refractivity contribution in [1.29, 1.82) is 0 Å². The molecule has 0 unspecified atom stereocenters. The van der Waals surface area contributed by atoms with E-state index in [-0.39, 0.29) is 11.0 Å². The Morgan fingerprint density at radius 2 is 1.81 bits per heavy atom. The van der Waals surface area contributed by atoms with E-state index in [2.05, 4.69) is 0 Å². The van der Waals surface area contributed by atoms with E-state index in [9.17, 15) is 0 Å². The standard InChI is InChI=1S/C11H14ClN3S/c12-10(13)6-9(11(14)15)16-7-8-4-2-1-3-5-8/h1-6H,7,13-15H2/b10-6-. The average Bonchev–Trinajstić information content (AvgIpc) is 2.25. The first-order valence-electron chi connectivity index (χ1n) is 4.64. The highest BCUT2D eigenvalue weighted by atomic mass is 35.5. The summed E-state index contributed by atoms with van der Waals surface area (Å²) >= 11 is 7.08. The molecule has 86 valence electrons. The van der Waals surface area contributed by atoms with Gasteiger partial charge in [-0.3, -0.25) is 0 Å². The first kappa shape index (κ1) is 12.8. The van der Waals surface area contributed by atoms with Crippen LogP contribution in [0, 0.1) is 0 Å². The number of benzene rings is 1. The van der Waals surface area contributed by atoms with Gasteiger partial charge in [0.25, 0.3) is 0 Å². The molecular formula is C11H14ClN3S. The lowest BCUT2D eigenvalue weighted by atomic mass is 10.2. The lowest BCUT2D eigenvalue weighted by molar-refractivity contribution is 1.24. The van der Waals surface area contributed by atoms with E-state index in [0.29, 0.717) is 4.91 Å². The van der Waals surface area contributed by atoms with Crippen molar-refractivity contribution in [1.82, 2.24) is 0 Å². The quantitative estimate of drug-likeness (QED) is 0.568. The van der Waals surface area contributed by atoms with Crippen molar-refractivity contribution < 1.29 is 0 Å². The number of hydrogen-bond donors (Lipinski definition) is 3. The molecule has 0 aliphatic rings. The lowest BCUT2D eigenvalue weighted by Crippen LogP contribution is -2.10. The lowest BCUT2D eigenvalue weighted by Gasteiger charge is -2.05. The van der Waals surface area contributed by atoms with Crippen molar-refractivity contribution >= 4 is 23.4 Å². The number of nitrogens with two attached hydrogens (primary N) is 3. The summed E-state index contributed by atoms with van der Waals surface area (Å²) in [5, 5.41) is 0.170. The molecule has 0 saturated carbocycles. The minimum absolute atomic E-state index is 0.170. The van der Waals surface area contributed by atoms with E-state index in [1.165, 1.54) is 17.3 Å². The highest BCUT2D eigenvalue weighted by molar-refractivity contribution is 8.02. The fraction of sp³-hybridized carbons (Fsp3) is 0.0909. The van der Waals surface area contributed by atoms with Crippen molar-refractivity contribution in [2.75, 3.05) is 0 Å². The third kappa shape index (κ3) is 4.51. The Balaban J connectivity index is 2.66. The van der Waals surface area contributed by atoms with Crippen molar-refractivity contribution in [2.24, 2.45) is 17.2 Å². The van der Waals surface area contributed by atoms with Gasteiger partial charge < -0.3 is 17.2 Å². The van der Waals surface area contributed by atoms with Crippen LogP contribution in [0.4, 0.5) is 0 Å². The normalized spacial score (nSPS) is 11.2. The number of halogens is 1. The van der Waals surface area contributed by atoms with E-state index in [0.717, 1.165) is 5.75 Å². The molecule has 0 heterocycles. The van der Waals surface area contributed by atoms with Crippen LogP contribution in [0.3, 0.4) is 0 Å². The smallest absolute Gasteiger partial charge is 0.107 e. The molecule has 1 aromatic carbocycles. The van der Waals surface area contributed by atoms with Gasteiger partial charge in [0, 0.05) is 5.75 Å². The molecule has 1 rings (SSSR count). The third-order valence-corrected chi connectivity index (χ3v) is 3.04. The van der Waals surface area contributed by atoms with Crippen LogP contribution in [0.2, 0.25) is 0 Å². The molecule has 16 heavy (non-hydrogen) atoms. The Kier molecular flexibility index (Phi) is 5.08. The molecule has 5 heteroatoms. The van der Waals surface area contributed by atoms with Crippen LogP contribution in [0.5, 0.6) is 0 Å². The summed E-state index contributed by atoms with van der Waals surface area (Å²) < 4.78 is 0. The van der Waals surface area contributed by atoms with Crippen molar-refractivity contribution in [3.05, 3.63) is 57.9 Å². The molecule has 0 aliphatic carbocycles. The molecule has 0 radical (unpaired) electrons. The molecule has 0 aromatic heterocycles. The van der Waals surface area contributed by atoms with E-state index in [1.54, 1.807) is 6.08 Å². The van der Waals surface area contributed by atoms with Gasteiger partial charge >= 0.3 is 0 Å². The second-order valence-corrected chi connectivity index (χ2v) is 4.58. The summed E-state index contributed by atoms with van der Waals surface area (Å²) in [6.45, 7) is 0. The first-order valence-corrected chi connectivity index (χ1v) is 6.00. The van der Waals surface area contributed by atoms with E-state index in [1.807, 2.05) is 30.3 Å². The summed E-state index contributed by atoms with van der Waals surface area (Å²) in [6.07, 6.45) is 1.56. The van der Waals surface area contributed by atoms with Gasteiger partial charge in [-0.25, -0.2) is 0 Å². The van der Waals surface area contributed by atoms with Crippen molar-refractivity contribution in [3.8, 4) is 0 Å². The second kappa shape index (κ2) is 6.35. The summed E-state index contributed by atoms with van der Waals surface area (Å²) in [6, 6.07) is 10.0. The minimum atomic E-state index is 0.170. The number of thioether (sulfide) groups is 1. The molecule has 0 saturated heterocycles. The maximum atomic E-state index is 5.58. The van der Waals surface area contributed by atoms with Gasteiger partial charge in [-0.2, -0.15) is 0 Å². The fourth-order valence-electron chi connectivity index (χ4n) is 1.07. The fourth-order valence-corrected chi connectivity index (χ4v) is 2.13. The van der Waals surface area contributed by atoms with E-state index in [4.69, 9.17) is 28.8 Å². The van der Waals surface area contributed by atoms with Gasteiger partial charge in [0.1, 0.15) is 11.0 Å². The van der Waals surface area contributed by atoms with Crippen LogP contribution in [0.1, 0.15) is 5.56 Å². The van der Waals surface area contributed by atoms with Gasteiger partial charge in [-0.15, -0.1) is 11.8 Å². The van der Waals surface area contributed by atoms with E-state index >= 15 is 0 Å². The molecule has 6 N–H and O–H groups in total. The zero-order valence-electron chi connectivity index (χ0n) is 8.69. The summed E-state index contributed by atoms with van der Waals surface area (Å²) in [5.41, 5.74) is 17.6. The molecule has 3 nitrogen and oxygen atoms in total. The molecule has 0 aliphatic heterocycles. The van der Waals surface area contributed by atoms with Crippen molar-refractivity contribution in [3.63, 3.8) is 0 Å². The monoisotopic (exact) mass is 255 g/mol. The summed E-state index contributed by atoms with van der Waals surface area (Å²) in [7, 11) is 0. The number of hydrogen-bond acceptors (Lipinski definition) is 4. The Morgan fingerprint density at radius 1 is 1.19 bits per heavy atom. The van der Waals surface area contributed by atoms with Crippen LogP contribution in [0.15, 0.2) is 52.3 Å². The van der Waals surface area contributed by atoms with Crippen LogP contribution in [0.25, 0.3) is 0 Å². The highest BCUT2D eigenvalue weighted by Gasteiger charge is 2.01. The van der Waals surface area contributed by atoms with Crippen molar-refractivity contribution in [2.45, 2.75) is 5.75 Å². The average molecular weight is 256 g/mol. The molecule has 0 spiro atoms. The van der Waals surface area contributed by atoms with Gasteiger partial charge in [-0.1, -0.05) is 41.9 Å². The van der Waals surface area contributed by atoms with Crippen LogP contribution in [-0.2, 0) is 5.75 Å². The van der Waals surface area contributed by atoms with Gasteiger partial charge in [-0.05, 0) is 11.6 Å². The Hall–Kier alpha value is -1.26. The molecule has 0 bridgehead atoms. The zero-order valence-corrected chi connectivity index (χ0v) is 10.3. The minimum Gasteiger partial charge on any atom is -0.389 e. The topological polar surface area (TPSA) is 78.1 Å². The Bertz CT molecular complexity index is 393. The van der Waals surface area contributed by atoms with Gasteiger partial charge in [0.2, 0.25) is 0 Å². The molecule has 0 fully saturated rings. The molecule has 0 atom stereocenters. The maximum absolute atomic E-state index is 5.58. The number of allylic oxidation sites excluding steroid dienone is 1. The highest BCUT2D eigenvalue weighted by Crippen LogP contribution is 2.23. The van der Waals surface area contributed by atoms with Gasteiger partial charge in [0.05, 0.1) is 4.91 Å². The summed E-state index contributed by atoms with van der Waals surface area (Å²) in [4.78, 5) is 0.691. The summed E-state index contributed by atoms with van der Waals surface area (Å²) in [5.74, 6) is 0.999.